The van der Waals surface area contributed by atoms with Crippen LogP contribution >= 0.6 is 0 Å². The van der Waals surface area contributed by atoms with Gasteiger partial charge in [-0.05, 0) is 54.2 Å². The first-order chi connectivity index (χ1) is 12.2. The number of carbonyl (C=O) groups is 1. The molecule has 26 heavy (non-hydrogen) atoms. The lowest BCUT2D eigenvalue weighted by Gasteiger charge is -2.13. The number of hydrogen-bond donors (Lipinski definition) is 2. The van der Waals surface area contributed by atoms with Crippen molar-refractivity contribution in [1.29, 1.82) is 0 Å². The van der Waals surface area contributed by atoms with Crippen molar-refractivity contribution >= 4 is 21.6 Å². The van der Waals surface area contributed by atoms with Gasteiger partial charge in [-0.1, -0.05) is 38.1 Å². The highest BCUT2D eigenvalue weighted by molar-refractivity contribution is 7.92. The van der Waals surface area contributed by atoms with Gasteiger partial charge in [-0.3, -0.25) is 9.52 Å². The molecule has 0 saturated carbocycles. The number of benzene rings is 2. The summed E-state index contributed by atoms with van der Waals surface area (Å²) >= 11 is 0. The van der Waals surface area contributed by atoms with Gasteiger partial charge < -0.3 is 5.32 Å². The molecule has 140 valence electrons. The molecule has 0 aliphatic heterocycles. The van der Waals surface area contributed by atoms with Gasteiger partial charge in [0.05, 0.1) is 11.9 Å². The Bertz CT molecular complexity index is 905. The minimum absolute atomic E-state index is 0.231. The maximum atomic E-state index is 12.5. The third-order valence-electron chi connectivity index (χ3n) is 4.29. The second-order valence-corrected chi connectivity index (χ2v) is 8.15. The van der Waals surface area contributed by atoms with Crippen LogP contribution in [0.25, 0.3) is 0 Å². The predicted molar refractivity (Wildman–Crippen MR) is 106 cm³/mol. The third kappa shape index (κ3) is 5.33. The summed E-state index contributed by atoms with van der Waals surface area (Å²) in [6, 6.07) is 11.4. The van der Waals surface area contributed by atoms with E-state index in [0.29, 0.717) is 17.8 Å². The van der Waals surface area contributed by atoms with Crippen molar-refractivity contribution in [3.8, 4) is 0 Å². The van der Waals surface area contributed by atoms with E-state index in [4.69, 9.17) is 0 Å². The van der Waals surface area contributed by atoms with Crippen LogP contribution in [0.1, 0.15) is 46.5 Å². The van der Waals surface area contributed by atoms with Crippen molar-refractivity contribution in [2.45, 2.75) is 40.2 Å². The van der Waals surface area contributed by atoms with E-state index in [1.807, 2.05) is 0 Å². The molecule has 1 amide bonds. The molecule has 0 aromatic heterocycles. The molecule has 0 aliphatic carbocycles. The Balaban J connectivity index is 2.17. The molecule has 0 aliphatic rings. The SMILES string of the molecule is CCc1ccc(CC)c(CNC(=O)c2ccc(C)c(NS(C)(=O)=O)c2)c1. The Labute approximate surface area is 155 Å². The monoisotopic (exact) mass is 374 g/mol. The highest BCUT2D eigenvalue weighted by atomic mass is 32.2. The molecule has 2 N–H and O–H groups in total. The maximum absolute atomic E-state index is 12.5. The summed E-state index contributed by atoms with van der Waals surface area (Å²) in [7, 11) is -3.40. The summed E-state index contributed by atoms with van der Waals surface area (Å²) in [5.41, 5.74) is 5.17. The summed E-state index contributed by atoms with van der Waals surface area (Å²) < 4.78 is 25.4. The second-order valence-electron chi connectivity index (χ2n) is 6.40. The maximum Gasteiger partial charge on any atom is 0.251 e. The Morgan fingerprint density at radius 1 is 1.00 bits per heavy atom. The quantitative estimate of drug-likeness (QED) is 0.780. The Morgan fingerprint density at radius 3 is 2.35 bits per heavy atom. The van der Waals surface area contributed by atoms with Crippen molar-refractivity contribution in [2.75, 3.05) is 11.0 Å². The Morgan fingerprint density at radius 2 is 1.73 bits per heavy atom. The molecule has 0 fully saturated rings. The lowest BCUT2D eigenvalue weighted by molar-refractivity contribution is 0.0951. The molecule has 2 aromatic rings. The number of aryl methyl sites for hydroxylation is 3. The van der Waals surface area contributed by atoms with Crippen LogP contribution in [-0.4, -0.2) is 20.6 Å². The van der Waals surface area contributed by atoms with Gasteiger partial charge in [-0.25, -0.2) is 8.42 Å². The molecule has 0 unspecified atom stereocenters. The normalized spacial score (nSPS) is 11.2. The average Bonchev–Trinajstić information content (AvgIpc) is 2.60. The van der Waals surface area contributed by atoms with E-state index in [9.17, 15) is 13.2 Å². The molecule has 0 atom stereocenters. The van der Waals surface area contributed by atoms with E-state index >= 15 is 0 Å². The second kappa shape index (κ2) is 8.36. The van der Waals surface area contributed by atoms with Gasteiger partial charge in [0.2, 0.25) is 10.0 Å². The zero-order chi connectivity index (χ0) is 19.3. The largest absolute Gasteiger partial charge is 0.348 e. The number of amides is 1. The van der Waals surface area contributed by atoms with Crippen molar-refractivity contribution in [2.24, 2.45) is 0 Å². The van der Waals surface area contributed by atoms with Crippen LogP contribution in [0.15, 0.2) is 36.4 Å². The minimum Gasteiger partial charge on any atom is -0.348 e. The van der Waals surface area contributed by atoms with Gasteiger partial charge in [-0.15, -0.1) is 0 Å². The fourth-order valence-corrected chi connectivity index (χ4v) is 3.38. The first-order valence-electron chi connectivity index (χ1n) is 8.70. The van der Waals surface area contributed by atoms with Gasteiger partial charge in [0, 0.05) is 12.1 Å². The lowest BCUT2D eigenvalue weighted by atomic mass is 10.0. The van der Waals surface area contributed by atoms with Gasteiger partial charge in [0.1, 0.15) is 0 Å². The van der Waals surface area contributed by atoms with Gasteiger partial charge in [0.15, 0.2) is 0 Å². The van der Waals surface area contributed by atoms with E-state index in [2.05, 4.69) is 42.1 Å². The zero-order valence-electron chi connectivity index (χ0n) is 15.7. The highest BCUT2D eigenvalue weighted by Gasteiger charge is 2.11. The van der Waals surface area contributed by atoms with Gasteiger partial charge in [0.25, 0.3) is 5.91 Å². The Hall–Kier alpha value is -2.34. The molecule has 2 rings (SSSR count). The number of nitrogens with one attached hydrogen (secondary N) is 2. The summed E-state index contributed by atoms with van der Waals surface area (Å²) in [6.45, 7) is 6.43. The Kier molecular flexibility index (Phi) is 6.42. The molecule has 6 heteroatoms. The number of hydrogen-bond acceptors (Lipinski definition) is 3. The van der Waals surface area contributed by atoms with Gasteiger partial charge in [-0.2, -0.15) is 0 Å². The standard InChI is InChI=1S/C20H26N2O3S/c1-5-15-8-10-16(6-2)18(11-15)13-21-20(23)17-9-7-14(3)19(12-17)22-26(4,24)25/h7-12,22H,5-6,13H2,1-4H3,(H,21,23). The zero-order valence-corrected chi connectivity index (χ0v) is 16.5. The smallest absolute Gasteiger partial charge is 0.251 e. The predicted octanol–water partition coefficient (Wildman–Crippen LogP) is 3.42. The van der Waals surface area contributed by atoms with E-state index in [-0.39, 0.29) is 5.91 Å². The molecule has 0 heterocycles. The molecule has 0 radical (unpaired) electrons. The molecule has 0 saturated heterocycles. The van der Waals surface area contributed by atoms with E-state index in [1.54, 1.807) is 25.1 Å². The number of carbonyl (C=O) groups excluding carboxylic acids is 1. The number of rotatable bonds is 7. The number of anilines is 1. The van der Waals surface area contributed by atoms with Crippen molar-refractivity contribution in [1.82, 2.24) is 5.32 Å². The van der Waals surface area contributed by atoms with E-state index < -0.39 is 10.0 Å². The van der Waals surface area contributed by atoms with E-state index in [1.165, 1.54) is 11.1 Å². The summed E-state index contributed by atoms with van der Waals surface area (Å²) in [5.74, 6) is -0.231. The number of sulfonamides is 1. The van der Waals surface area contributed by atoms with Crippen LogP contribution in [0.4, 0.5) is 5.69 Å². The fourth-order valence-electron chi connectivity index (χ4n) is 2.76. The van der Waals surface area contributed by atoms with E-state index in [0.717, 1.165) is 30.2 Å². The molecule has 0 bridgehead atoms. The average molecular weight is 375 g/mol. The highest BCUT2D eigenvalue weighted by Crippen LogP contribution is 2.19. The first-order valence-corrected chi connectivity index (χ1v) is 10.6. The van der Waals surface area contributed by atoms with Crippen molar-refractivity contribution in [3.63, 3.8) is 0 Å². The molecule has 0 spiro atoms. The van der Waals surface area contributed by atoms with Crippen molar-refractivity contribution in [3.05, 3.63) is 64.2 Å². The first kappa shape index (κ1) is 20.0. The summed E-state index contributed by atoms with van der Waals surface area (Å²) in [5, 5.41) is 2.93. The molecule has 5 nitrogen and oxygen atoms in total. The topological polar surface area (TPSA) is 75.3 Å². The summed E-state index contributed by atoms with van der Waals surface area (Å²) in [6.07, 6.45) is 2.94. The van der Waals surface area contributed by atoms with Crippen LogP contribution in [0.3, 0.4) is 0 Å². The molecule has 2 aromatic carbocycles. The van der Waals surface area contributed by atoms with Crippen molar-refractivity contribution < 1.29 is 13.2 Å². The van der Waals surface area contributed by atoms with Crippen LogP contribution in [0.5, 0.6) is 0 Å². The molecular weight excluding hydrogens is 348 g/mol. The fraction of sp³-hybridized carbons (Fsp3) is 0.350. The van der Waals surface area contributed by atoms with Crippen LogP contribution < -0.4 is 10.0 Å². The summed E-state index contributed by atoms with van der Waals surface area (Å²) in [4.78, 5) is 12.5. The van der Waals surface area contributed by atoms with Crippen LogP contribution in [0, 0.1) is 6.92 Å². The van der Waals surface area contributed by atoms with Crippen LogP contribution in [-0.2, 0) is 29.4 Å². The minimum atomic E-state index is -3.40. The van der Waals surface area contributed by atoms with Crippen LogP contribution in [0.2, 0.25) is 0 Å². The lowest BCUT2D eigenvalue weighted by Crippen LogP contribution is -2.24. The molecular formula is C20H26N2O3S. The van der Waals surface area contributed by atoms with Gasteiger partial charge >= 0.3 is 0 Å². The third-order valence-corrected chi connectivity index (χ3v) is 4.89.